The molecule has 0 saturated carbocycles. The standard InChI is InChI=1S/C16H19FN4/c1-2-13-11-16(19-12-18-13)21-9-7-20(8-10-21)15-6-4-3-5-14(15)17/h3-6,11-12H,2,7-10H2,1H3. The molecule has 3 rings (SSSR count). The minimum Gasteiger partial charge on any atom is -0.366 e. The number of nitrogens with zero attached hydrogens (tertiary/aromatic N) is 4. The van der Waals surface area contributed by atoms with Crippen LogP contribution in [0.15, 0.2) is 36.7 Å². The average molecular weight is 286 g/mol. The van der Waals surface area contributed by atoms with Gasteiger partial charge in [0.05, 0.1) is 5.69 Å². The molecule has 0 radical (unpaired) electrons. The van der Waals surface area contributed by atoms with Crippen LogP contribution in [0.3, 0.4) is 0 Å². The van der Waals surface area contributed by atoms with Gasteiger partial charge in [-0.15, -0.1) is 0 Å². The molecule has 1 aromatic carbocycles. The molecule has 0 aliphatic carbocycles. The lowest BCUT2D eigenvalue weighted by molar-refractivity contribution is 0.596. The molecule has 2 aromatic rings. The number of anilines is 2. The molecular formula is C16H19FN4. The molecule has 2 heterocycles. The van der Waals surface area contributed by atoms with Gasteiger partial charge in [-0.05, 0) is 18.6 Å². The number of aromatic nitrogens is 2. The molecule has 1 aliphatic heterocycles. The first-order chi connectivity index (χ1) is 10.3. The predicted octanol–water partition coefficient (Wildman–Crippen LogP) is 2.50. The van der Waals surface area contributed by atoms with E-state index in [1.165, 1.54) is 6.07 Å². The fourth-order valence-electron chi connectivity index (χ4n) is 2.64. The summed E-state index contributed by atoms with van der Waals surface area (Å²) in [5.74, 6) is 0.816. The first-order valence-corrected chi connectivity index (χ1v) is 7.33. The van der Waals surface area contributed by atoms with Crippen molar-refractivity contribution in [1.29, 1.82) is 0 Å². The molecule has 0 amide bonds. The van der Waals surface area contributed by atoms with Crippen molar-refractivity contribution < 1.29 is 4.39 Å². The molecule has 0 spiro atoms. The minimum atomic E-state index is -0.152. The summed E-state index contributed by atoms with van der Waals surface area (Å²) < 4.78 is 13.8. The van der Waals surface area contributed by atoms with Gasteiger partial charge in [-0.2, -0.15) is 0 Å². The zero-order valence-electron chi connectivity index (χ0n) is 12.2. The lowest BCUT2D eigenvalue weighted by Crippen LogP contribution is -2.47. The maximum atomic E-state index is 13.8. The van der Waals surface area contributed by atoms with Gasteiger partial charge in [0.25, 0.3) is 0 Å². The molecule has 110 valence electrons. The van der Waals surface area contributed by atoms with E-state index in [0.29, 0.717) is 5.69 Å². The summed E-state index contributed by atoms with van der Waals surface area (Å²) >= 11 is 0. The van der Waals surface area contributed by atoms with E-state index < -0.39 is 0 Å². The first-order valence-electron chi connectivity index (χ1n) is 7.33. The highest BCUT2D eigenvalue weighted by molar-refractivity contribution is 5.50. The van der Waals surface area contributed by atoms with Crippen LogP contribution in [-0.2, 0) is 6.42 Å². The minimum absolute atomic E-state index is 0.152. The number of para-hydroxylation sites is 1. The maximum Gasteiger partial charge on any atom is 0.146 e. The van der Waals surface area contributed by atoms with Gasteiger partial charge in [0, 0.05) is 37.9 Å². The van der Waals surface area contributed by atoms with Gasteiger partial charge in [-0.3, -0.25) is 0 Å². The summed E-state index contributed by atoms with van der Waals surface area (Å²) in [7, 11) is 0. The molecule has 0 N–H and O–H groups in total. The highest BCUT2D eigenvalue weighted by Gasteiger charge is 2.20. The molecule has 4 nitrogen and oxygen atoms in total. The number of aryl methyl sites for hydroxylation is 1. The summed E-state index contributed by atoms with van der Waals surface area (Å²) in [6.07, 6.45) is 2.53. The van der Waals surface area contributed by atoms with Gasteiger partial charge in [-0.25, -0.2) is 14.4 Å². The third-order valence-electron chi connectivity index (χ3n) is 3.87. The Labute approximate surface area is 124 Å². The van der Waals surface area contributed by atoms with Crippen molar-refractivity contribution in [2.75, 3.05) is 36.0 Å². The Morgan fingerprint density at radius 3 is 2.48 bits per heavy atom. The predicted molar refractivity (Wildman–Crippen MR) is 82.2 cm³/mol. The van der Waals surface area contributed by atoms with E-state index in [1.54, 1.807) is 12.4 Å². The largest absolute Gasteiger partial charge is 0.366 e. The van der Waals surface area contributed by atoms with Gasteiger partial charge < -0.3 is 9.80 Å². The molecule has 0 bridgehead atoms. The monoisotopic (exact) mass is 286 g/mol. The summed E-state index contributed by atoms with van der Waals surface area (Å²) in [6.45, 7) is 5.37. The highest BCUT2D eigenvalue weighted by atomic mass is 19.1. The van der Waals surface area contributed by atoms with Crippen molar-refractivity contribution in [3.05, 3.63) is 48.2 Å². The molecular weight excluding hydrogens is 267 g/mol. The lowest BCUT2D eigenvalue weighted by atomic mass is 10.2. The Balaban J connectivity index is 1.69. The number of benzene rings is 1. The molecule has 0 atom stereocenters. The van der Waals surface area contributed by atoms with Crippen LogP contribution in [0, 0.1) is 5.82 Å². The number of rotatable bonds is 3. The quantitative estimate of drug-likeness (QED) is 0.868. The fraction of sp³-hybridized carbons (Fsp3) is 0.375. The van der Waals surface area contributed by atoms with Crippen LogP contribution in [0.25, 0.3) is 0 Å². The topological polar surface area (TPSA) is 32.3 Å². The van der Waals surface area contributed by atoms with E-state index in [1.807, 2.05) is 18.2 Å². The van der Waals surface area contributed by atoms with Crippen LogP contribution >= 0.6 is 0 Å². The third-order valence-corrected chi connectivity index (χ3v) is 3.87. The van der Waals surface area contributed by atoms with E-state index in [4.69, 9.17) is 0 Å². The van der Waals surface area contributed by atoms with Crippen molar-refractivity contribution in [2.24, 2.45) is 0 Å². The smallest absolute Gasteiger partial charge is 0.146 e. The zero-order chi connectivity index (χ0) is 14.7. The molecule has 1 saturated heterocycles. The summed E-state index contributed by atoms with van der Waals surface area (Å²) in [4.78, 5) is 12.9. The van der Waals surface area contributed by atoms with Gasteiger partial charge in [0.1, 0.15) is 18.0 Å². The fourth-order valence-corrected chi connectivity index (χ4v) is 2.64. The molecule has 1 aliphatic rings. The highest BCUT2D eigenvalue weighted by Crippen LogP contribution is 2.22. The lowest BCUT2D eigenvalue weighted by Gasteiger charge is -2.36. The van der Waals surface area contributed by atoms with E-state index in [2.05, 4.69) is 26.7 Å². The molecule has 0 unspecified atom stereocenters. The third kappa shape index (κ3) is 2.96. The van der Waals surface area contributed by atoms with Crippen molar-refractivity contribution in [2.45, 2.75) is 13.3 Å². The van der Waals surface area contributed by atoms with Crippen LogP contribution in [0.1, 0.15) is 12.6 Å². The van der Waals surface area contributed by atoms with Crippen LogP contribution < -0.4 is 9.80 Å². The Morgan fingerprint density at radius 1 is 1.05 bits per heavy atom. The van der Waals surface area contributed by atoms with Crippen molar-refractivity contribution in [1.82, 2.24) is 9.97 Å². The second-order valence-corrected chi connectivity index (χ2v) is 5.15. The Kier molecular flexibility index (Phi) is 3.99. The average Bonchev–Trinajstić information content (AvgIpc) is 2.56. The summed E-state index contributed by atoms with van der Waals surface area (Å²) in [5.41, 5.74) is 1.74. The van der Waals surface area contributed by atoms with E-state index >= 15 is 0 Å². The number of hydrogen-bond acceptors (Lipinski definition) is 4. The van der Waals surface area contributed by atoms with Crippen LogP contribution in [-0.4, -0.2) is 36.1 Å². The van der Waals surface area contributed by atoms with Gasteiger partial charge in [-0.1, -0.05) is 19.1 Å². The van der Waals surface area contributed by atoms with E-state index in [0.717, 1.165) is 44.1 Å². The number of piperazine rings is 1. The maximum absolute atomic E-state index is 13.8. The van der Waals surface area contributed by atoms with Crippen LogP contribution in [0.4, 0.5) is 15.9 Å². The van der Waals surface area contributed by atoms with Gasteiger partial charge >= 0.3 is 0 Å². The number of hydrogen-bond donors (Lipinski definition) is 0. The van der Waals surface area contributed by atoms with Crippen molar-refractivity contribution in [3.8, 4) is 0 Å². The van der Waals surface area contributed by atoms with Gasteiger partial charge in [0.15, 0.2) is 0 Å². The van der Waals surface area contributed by atoms with Crippen molar-refractivity contribution in [3.63, 3.8) is 0 Å². The summed E-state index contributed by atoms with van der Waals surface area (Å²) in [5, 5.41) is 0. The Bertz CT molecular complexity index is 609. The van der Waals surface area contributed by atoms with E-state index in [9.17, 15) is 4.39 Å². The van der Waals surface area contributed by atoms with Crippen LogP contribution in [0.5, 0.6) is 0 Å². The molecule has 5 heteroatoms. The Morgan fingerprint density at radius 2 is 1.76 bits per heavy atom. The zero-order valence-corrected chi connectivity index (χ0v) is 12.2. The van der Waals surface area contributed by atoms with E-state index in [-0.39, 0.29) is 5.82 Å². The number of halogens is 1. The summed E-state index contributed by atoms with van der Waals surface area (Å²) in [6, 6.07) is 8.99. The molecule has 21 heavy (non-hydrogen) atoms. The van der Waals surface area contributed by atoms with Crippen LogP contribution in [0.2, 0.25) is 0 Å². The van der Waals surface area contributed by atoms with Gasteiger partial charge in [0.2, 0.25) is 0 Å². The second-order valence-electron chi connectivity index (χ2n) is 5.15. The first kappa shape index (κ1) is 13.8. The molecule has 1 aromatic heterocycles. The Hall–Kier alpha value is -2.17. The van der Waals surface area contributed by atoms with Crippen molar-refractivity contribution >= 4 is 11.5 Å². The SMILES string of the molecule is CCc1cc(N2CCN(c3ccccc3F)CC2)ncn1. The second kappa shape index (κ2) is 6.08. The molecule has 1 fully saturated rings. The normalized spacial score (nSPS) is 15.3.